The quantitative estimate of drug-likeness (QED) is 0.875. The van der Waals surface area contributed by atoms with E-state index in [2.05, 4.69) is 5.32 Å². The molecular formula is C17H27N3O3. The molecule has 0 spiro atoms. The summed E-state index contributed by atoms with van der Waals surface area (Å²) in [7, 11) is 0. The van der Waals surface area contributed by atoms with Gasteiger partial charge in [-0.15, -0.1) is 0 Å². The number of amides is 3. The molecule has 0 atom stereocenters. The molecule has 1 aromatic rings. The maximum Gasteiger partial charge on any atom is 0.318 e. The standard InChI is InChI=1S/C17H27N3O3/c1-13(2)20(12-15-7-6-14(3)23-15)17(22)18-9-8-16(21)19-10-4-5-11-19/h6-7,13H,4-5,8-12H2,1-3H3,(H,18,22). The highest BCUT2D eigenvalue weighted by molar-refractivity contribution is 5.78. The molecule has 2 rings (SSSR count). The lowest BCUT2D eigenvalue weighted by molar-refractivity contribution is -0.129. The number of nitrogens with zero attached hydrogens (tertiary/aromatic N) is 2. The lowest BCUT2D eigenvalue weighted by Gasteiger charge is -2.26. The van der Waals surface area contributed by atoms with Crippen LogP contribution in [-0.4, -0.2) is 47.4 Å². The van der Waals surface area contributed by atoms with Crippen LogP contribution in [-0.2, 0) is 11.3 Å². The molecule has 0 bridgehead atoms. The molecule has 0 saturated carbocycles. The molecule has 1 aliphatic rings. The Morgan fingerprint density at radius 1 is 1.30 bits per heavy atom. The maximum atomic E-state index is 12.3. The average Bonchev–Trinajstić information content (AvgIpc) is 3.15. The van der Waals surface area contributed by atoms with Crippen LogP contribution in [0.4, 0.5) is 4.79 Å². The van der Waals surface area contributed by atoms with Crippen molar-refractivity contribution < 1.29 is 14.0 Å². The topological polar surface area (TPSA) is 65.8 Å². The van der Waals surface area contributed by atoms with Crippen molar-refractivity contribution in [3.8, 4) is 0 Å². The first kappa shape index (κ1) is 17.4. The lowest BCUT2D eigenvalue weighted by Crippen LogP contribution is -2.44. The highest BCUT2D eigenvalue weighted by Crippen LogP contribution is 2.12. The molecule has 6 nitrogen and oxygen atoms in total. The molecule has 1 fully saturated rings. The van der Waals surface area contributed by atoms with Gasteiger partial charge < -0.3 is 19.5 Å². The summed E-state index contributed by atoms with van der Waals surface area (Å²) in [5.41, 5.74) is 0. The van der Waals surface area contributed by atoms with Gasteiger partial charge in [0.15, 0.2) is 0 Å². The van der Waals surface area contributed by atoms with E-state index in [0.29, 0.717) is 19.5 Å². The summed E-state index contributed by atoms with van der Waals surface area (Å²) in [5.74, 6) is 1.72. The second-order valence-corrected chi connectivity index (χ2v) is 6.30. The SMILES string of the molecule is Cc1ccc(CN(C(=O)NCCC(=O)N2CCCC2)C(C)C)o1. The van der Waals surface area contributed by atoms with E-state index >= 15 is 0 Å². The Labute approximate surface area is 137 Å². The molecular weight excluding hydrogens is 294 g/mol. The summed E-state index contributed by atoms with van der Waals surface area (Å²) in [6.07, 6.45) is 2.53. The zero-order valence-corrected chi connectivity index (χ0v) is 14.3. The summed E-state index contributed by atoms with van der Waals surface area (Å²) in [4.78, 5) is 27.9. The fourth-order valence-electron chi connectivity index (χ4n) is 2.73. The minimum absolute atomic E-state index is 0.0506. The first-order valence-electron chi connectivity index (χ1n) is 8.35. The van der Waals surface area contributed by atoms with Crippen LogP contribution in [0.5, 0.6) is 0 Å². The smallest absolute Gasteiger partial charge is 0.318 e. The largest absolute Gasteiger partial charge is 0.464 e. The van der Waals surface area contributed by atoms with Crippen molar-refractivity contribution in [3.63, 3.8) is 0 Å². The highest BCUT2D eigenvalue weighted by Gasteiger charge is 2.20. The Morgan fingerprint density at radius 3 is 2.57 bits per heavy atom. The number of carbonyl (C=O) groups excluding carboxylic acids is 2. The number of aryl methyl sites for hydroxylation is 1. The first-order valence-corrected chi connectivity index (χ1v) is 8.35. The minimum Gasteiger partial charge on any atom is -0.464 e. The van der Waals surface area contributed by atoms with Gasteiger partial charge in [-0.25, -0.2) is 4.79 Å². The fraction of sp³-hybridized carbons (Fsp3) is 0.647. The zero-order valence-electron chi connectivity index (χ0n) is 14.3. The Morgan fingerprint density at radius 2 is 2.00 bits per heavy atom. The van der Waals surface area contributed by atoms with Crippen LogP contribution in [0.1, 0.15) is 44.6 Å². The van der Waals surface area contributed by atoms with Gasteiger partial charge >= 0.3 is 6.03 Å². The van der Waals surface area contributed by atoms with E-state index in [-0.39, 0.29) is 18.0 Å². The van der Waals surface area contributed by atoms with E-state index in [1.165, 1.54) is 0 Å². The van der Waals surface area contributed by atoms with Crippen molar-refractivity contribution in [3.05, 3.63) is 23.7 Å². The second kappa shape index (κ2) is 8.04. The maximum absolute atomic E-state index is 12.3. The van der Waals surface area contributed by atoms with Gasteiger partial charge in [-0.3, -0.25) is 4.79 Å². The molecule has 0 unspecified atom stereocenters. The van der Waals surface area contributed by atoms with Crippen LogP contribution in [0.2, 0.25) is 0 Å². The van der Waals surface area contributed by atoms with Gasteiger partial charge in [0.2, 0.25) is 5.91 Å². The highest BCUT2D eigenvalue weighted by atomic mass is 16.3. The molecule has 6 heteroatoms. The van der Waals surface area contributed by atoms with Gasteiger partial charge in [-0.2, -0.15) is 0 Å². The van der Waals surface area contributed by atoms with Gasteiger partial charge in [0.25, 0.3) is 0 Å². The van der Waals surface area contributed by atoms with Crippen LogP contribution < -0.4 is 5.32 Å². The Hall–Kier alpha value is -1.98. The van der Waals surface area contributed by atoms with Crippen molar-refractivity contribution in [2.24, 2.45) is 0 Å². The number of nitrogens with one attached hydrogen (secondary N) is 1. The van der Waals surface area contributed by atoms with Crippen LogP contribution in [0.25, 0.3) is 0 Å². The number of hydrogen-bond acceptors (Lipinski definition) is 3. The molecule has 128 valence electrons. The predicted molar refractivity (Wildman–Crippen MR) is 88.0 cm³/mol. The van der Waals surface area contributed by atoms with Gasteiger partial charge in [0.1, 0.15) is 11.5 Å². The van der Waals surface area contributed by atoms with Crippen LogP contribution in [0.3, 0.4) is 0 Å². The number of furan rings is 1. The normalized spacial score (nSPS) is 14.3. The number of likely N-dealkylation sites (tertiary alicyclic amines) is 1. The summed E-state index contributed by atoms with van der Waals surface area (Å²) < 4.78 is 5.54. The van der Waals surface area contributed by atoms with Crippen LogP contribution in [0, 0.1) is 6.92 Å². The first-order chi connectivity index (χ1) is 11.0. The van der Waals surface area contributed by atoms with Gasteiger partial charge in [0, 0.05) is 32.1 Å². The van der Waals surface area contributed by atoms with Gasteiger partial charge in [0.05, 0.1) is 6.54 Å². The van der Waals surface area contributed by atoms with E-state index in [0.717, 1.165) is 37.5 Å². The predicted octanol–water partition coefficient (Wildman–Crippen LogP) is 2.52. The fourth-order valence-corrected chi connectivity index (χ4v) is 2.73. The van der Waals surface area contributed by atoms with E-state index in [4.69, 9.17) is 4.42 Å². The van der Waals surface area contributed by atoms with E-state index in [9.17, 15) is 9.59 Å². The van der Waals surface area contributed by atoms with Crippen molar-refractivity contribution in [2.75, 3.05) is 19.6 Å². The second-order valence-electron chi connectivity index (χ2n) is 6.30. The summed E-state index contributed by atoms with van der Waals surface area (Å²) in [6.45, 7) is 8.31. The molecule has 3 amide bonds. The van der Waals surface area contributed by atoms with Crippen LogP contribution in [0.15, 0.2) is 16.5 Å². The molecule has 0 aromatic carbocycles. The number of carbonyl (C=O) groups is 2. The number of hydrogen-bond donors (Lipinski definition) is 1. The molecule has 1 N–H and O–H groups in total. The molecule has 1 aromatic heterocycles. The van der Waals surface area contributed by atoms with Crippen molar-refractivity contribution >= 4 is 11.9 Å². The van der Waals surface area contributed by atoms with Gasteiger partial charge in [-0.05, 0) is 45.7 Å². The van der Waals surface area contributed by atoms with Crippen molar-refractivity contribution in [1.82, 2.24) is 15.1 Å². The molecule has 2 heterocycles. The lowest BCUT2D eigenvalue weighted by atomic mass is 10.3. The molecule has 1 aliphatic heterocycles. The van der Waals surface area contributed by atoms with Crippen molar-refractivity contribution in [1.29, 1.82) is 0 Å². The third kappa shape index (κ3) is 5.01. The van der Waals surface area contributed by atoms with E-state index in [1.54, 1.807) is 4.90 Å². The van der Waals surface area contributed by atoms with E-state index < -0.39 is 0 Å². The Kier molecular flexibility index (Phi) is 6.07. The molecule has 23 heavy (non-hydrogen) atoms. The zero-order chi connectivity index (χ0) is 16.8. The summed E-state index contributed by atoms with van der Waals surface area (Å²) in [6, 6.07) is 3.66. The summed E-state index contributed by atoms with van der Waals surface area (Å²) in [5, 5.41) is 2.84. The summed E-state index contributed by atoms with van der Waals surface area (Å²) >= 11 is 0. The molecule has 1 saturated heterocycles. The average molecular weight is 321 g/mol. The Bertz CT molecular complexity index is 533. The Balaban J connectivity index is 1.79. The molecule has 0 aliphatic carbocycles. The van der Waals surface area contributed by atoms with E-state index in [1.807, 2.05) is 37.8 Å². The third-order valence-corrected chi connectivity index (χ3v) is 4.08. The number of rotatable bonds is 6. The molecule has 0 radical (unpaired) electrons. The monoisotopic (exact) mass is 321 g/mol. The van der Waals surface area contributed by atoms with Crippen LogP contribution >= 0.6 is 0 Å². The third-order valence-electron chi connectivity index (χ3n) is 4.08. The number of urea groups is 1. The van der Waals surface area contributed by atoms with Gasteiger partial charge in [-0.1, -0.05) is 0 Å². The minimum atomic E-state index is -0.164. The van der Waals surface area contributed by atoms with Crippen molar-refractivity contribution in [2.45, 2.75) is 52.6 Å².